The van der Waals surface area contributed by atoms with Crippen molar-refractivity contribution in [2.24, 2.45) is 0 Å². The van der Waals surface area contributed by atoms with Gasteiger partial charge in [0.1, 0.15) is 0 Å². The summed E-state index contributed by atoms with van der Waals surface area (Å²) in [5, 5.41) is 8.53. The number of anilines is 6. The lowest BCUT2D eigenvalue weighted by Crippen LogP contribution is -2.18. The maximum Gasteiger partial charge on any atom is 0.178 e. The summed E-state index contributed by atoms with van der Waals surface area (Å²) >= 11 is 0. The summed E-state index contributed by atoms with van der Waals surface area (Å²) in [6, 6.07) is 89.5. The van der Waals surface area contributed by atoms with Gasteiger partial charge in [0.15, 0.2) is 17.3 Å². The average molecular weight is 844 g/mol. The van der Waals surface area contributed by atoms with Crippen molar-refractivity contribution in [1.82, 2.24) is 4.57 Å². The van der Waals surface area contributed by atoms with Crippen LogP contribution in [-0.2, 0) is 0 Å². The van der Waals surface area contributed by atoms with Crippen LogP contribution in [0, 0.1) is 0 Å². The molecule has 1 aliphatic heterocycles. The lowest BCUT2D eigenvalue weighted by Gasteiger charge is -2.33. The summed E-state index contributed by atoms with van der Waals surface area (Å²) in [6.45, 7) is 0. The van der Waals surface area contributed by atoms with E-state index in [0.717, 1.165) is 73.5 Å². The van der Waals surface area contributed by atoms with E-state index in [-0.39, 0.29) is 0 Å². The minimum atomic E-state index is 0.814. The van der Waals surface area contributed by atoms with Crippen LogP contribution in [0.1, 0.15) is 0 Å². The molecule has 0 fully saturated rings. The maximum atomic E-state index is 6.84. The Labute approximate surface area is 383 Å². The highest BCUT2D eigenvalue weighted by Gasteiger charge is 2.33. The SMILES string of the molecule is c1ccc(-c2cc(-c3ccccc3)cc(N(c3ccc(N4c5ccccc5Oc5c4n(-c4ccccc4)c4ccccc54)cc3)c3ccc4c5ccccc5c5ccccc5c4c3)c2)cc1. The standard InChI is InChI=1S/C62H41N3O/c1-4-18-42(19-5-1)44-38-45(43-20-6-2-7-21-43)40-50(39-44)63(49-36-37-55-53-26-11-10-24-51(53)52-25-12-13-27-54(52)57(55)41-49)47-32-34-48(35-33-47)65-59-30-16-17-31-60(59)66-61-56-28-14-15-29-58(56)64(62(61)65)46-22-8-3-9-23-46/h1-41H. The molecule has 11 aromatic carbocycles. The predicted molar refractivity (Wildman–Crippen MR) is 276 cm³/mol. The summed E-state index contributed by atoms with van der Waals surface area (Å²) in [6.07, 6.45) is 0. The second-order valence-corrected chi connectivity index (χ2v) is 16.9. The Morgan fingerprint density at radius 1 is 0.318 bits per heavy atom. The topological polar surface area (TPSA) is 20.6 Å². The first kappa shape index (κ1) is 37.7. The molecule has 0 saturated carbocycles. The van der Waals surface area contributed by atoms with Crippen molar-refractivity contribution in [3.8, 4) is 39.4 Å². The van der Waals surface area contributed by atoms with Gasteiger partial charge in [-0.05, 0) is 146 Å². The van der Waals surface area contributed by atoms with Crippen LogP contribution in [-0.4, -0.2) is 4.57 Å². The van der Waals surface area contributed by atoms with Crippen molar-refractivity contribution in [2.45, 2.75) is 0 Å². The van der Waals surface area contributed by atoms with Crippen LogP contribution in [0.4, 0.5) is 34.3 Å². The number of aromatic nitrogens is 1. The summed E-state index contributed by atoms with van der Waals surface area (Å²) in [4.78, 5) is 4.78. The number of hydrogen-bond acceptors (Lipinski definition) is 3. The zero-order valence-corrected chi connectivity index (χ0v) is 35.9. The molecule has 310 valence electrons. The highest BCUT2D eigenvalue weighted by molar-refractivity contribution is 6.25. The molecule has 0 bridgehead atoms. The molecule has 0 N–H and O–H groups in total. The molecule has 0 spiro atoms. The van der Waals surface area contributed by atoms with Gasteiger partial charge in [0.25, 0.3) is 0 Å². The first-order chi connectivity index (χ1) is 32.7. The molecule has 12 aromatic rings. The van der Waals surface area contributed by atoms with Crippen LogP contribution < -0.4 is 14.5 Å². The monoisotopic (exact) mass is 843 g/mol. The Kier molecular flexibility index (Phi) is 8.81. The third-order valence-electron chi connectivity index (χ3n) is 13.1. The Hall–Kier alpha value is -8.86. The summed E-state index contributed by atoms with van der Waals surface area (Å²) in [5.74, 6) is 2.61. The van der Waals surface area contributed by atoms with Crippen LogP contribution in [0.2, 0.25) is 0 Å². The van der Waals surface area contributed by atoms with Crippen LogP contribution in [0.15, 0.2) is 249 Å². The summed E-state index contributed by atoms with van der Waals surface area (Å²) < 4.78 is 9.16. The van der Waals surface area contributed by atoms with E-state index < -0.39 is 0 Å². The summed E-state index contributed by atoms with van der Waals surface area (Å²) in [7, 11) is 0. The van der Waals surface area contributed by atoms with Crippen LogP contribution >= 0.6 is 0 Å². The van der Waals surface area contributed by atoms with E-state index in [1.54, 1.807) is 0 Å². The Balaban J connectivity index is 1.04. The molecule has 4 heteroatoms. The molecule has 0 saturated heterocycles. The van der Waals surface area contributed by atoms with Gasteiger partial charge in [-0.1, -0.05) is 158 Å². The van der Waals surface area contributed by atoms with Gasteiger partial charge >= 0.3 is 0 Å². The van der Waals surface area contributed by atoms with Crippen molar-refractivity contribution in [2.75, 3.05) is 9.80 Å². The second kappa shape index (κ2) is 15.4. The van der Waals surface area contributed by atoms with Crippen molar-refractivity contribution in [3.05, 3.63) is 249 Å². The highest BCUT2D eigenvalue weighted by atomic mass is 16.5. The zero-order valence-electron chi connectivity index (χ0n) is 35.9. The van der Waals surface area contributed by atoms with Gasteiger partial charge in [0.05, 0.1) is 11.2 Å². The van der Waals surface area contributed by atoms with Gasteiger partial charge in [-0.3, -0.25) is 9.47 Å². The molecule has 0 unspecified atom stereocenters. The van der Waals surface area contributed by atoms with E-state index in [2.05, 4.69) is 257 Å². The molecular formula is C62H41N3O. The number of hydrogen-bond donors (Lipinski definition) is 0. The van der Waals surface area contributed by atoms with Gasteiger partial charge < -0.3 is 9.64 Å². The minimum absolute atomic E-state index is 0.814. The fourth-order valence-corrected chi connectivity index (χ4v) is 10.1. The minimum Gasteiger partial charge on any atom is -0.451 e. The number of ether oxygens (including phenoxy) is 1. The molecule has 1 aromatic heterocycles. The van der Waals surface area contributed by atoms with Crippen LogP contribution in [0.25, 0.3) is 71.2 Å². The van der Waals surface area contributed by atoms with Gasteiger partial charge in [-0.2, -0.15) is 0 Å². The third kappa shape index (κ3) is 6.15. The smallest absolute Gasteiger partial charge is 0.178 e. The van der Waals surface area contributed by atoms with Crippen LogP contribution in [0.3, 0.4) is 0 Å². The number of fused-ring (bicyclic) bond motifs is 10. The maximum absolute atomic E-state index is 6.84. The second-order valence-electron chi connectivity index (χ2n) is 16.9. The lowest BCUT2D eigenvalue weighted by atomic mass is 9.93. The van der Waals surface area contributed by atoms with Gasteiger partial charge in [-0.15, -0.1) is 0 Å². The van der Waals surface area contributed by atoms with E-state index in [0.29, 0.717) is 0 Å². The molecule has 13 rings (SSSR count). The Bertz CT molecular complexity index is 3690. The average Bonchev–Trinajstić information content (AvgIpc) is 3.72. The van der Waals surface area contributed by atoms with Crippen molar-refractivity contribution >= 4 is 77.5 Å². The molecule has 0 radical (unpaired) electrons. The molecule has 4 nitrogen and oxygen atoms in total. The fraction of sp³-hybridized carbons (Fsp3) is 0. The van der Waals surface area contributed by atoms with Gasteiger partial charge in [0, 0.05) is 33.8 Å². The number of rotatable bonds is 7. The Morgan fingerprint density at radius 2 is 0.818 bits per heavy atom. The third-order valence-corrected chi connectivity index (χ3v) is 13.1. The number of benzene rings is 11. The van der Waals surface area contributed by atoms with Gasteiger partial charge in [0.2, 0.25) is 0 Å². The first-order valence-electron chi connectivity index (χ1n) is 22.5. The van der Waals surface area contributed by atoms with Crippen molar-refractivity contribution < 1.29 is 4.74 Å². The molecule has 1 aliphatic rings. The molecule has 2 heterocycles. The fourth-order valence-electron chi connectivity index (χ4n) is 10.1. The van der Waals surface area contributed by atoms with E-state index >= 15 is 0 Å². The molecule has 0 amide bonds. The Morgan fingerprint density at radius 3 is 1.45 bits per heavy atom. The van der Waals surface area contributed by atoms with Crippen molar-refractivity contribution in [3.63, 3.8) is 0 Å². The molecule has 0 atom stereocenters. The number of nitrogens with zero attached hydrogens (tertiary/aromatic N) is 3. The number of para-hydroxylation sites is 4. The quantitative estimate of drug-likeness (QED) is 0.149. The molecule has 0 aliphatic carbocycles. The first-order valence-corrected chi connectivity index (χ1v) is 22.5. The highest BCUT2D eigenvalue weighted by Crippen LogP contribution is 2.55. The van der Waals surface area contributed by atoms with Gasteiger partial charge in [-0.25, -0.2) is 0 Å². The van der Waals surface area contributed by atoms with E-state index in [4.69, 9.17) is 4.74 Å². The van der Waals surface area contributed by atoms with E-state index in [1.807, 2.05) is 6.07 Å². The zero-order chi connectivity index (χ0) is 43.6. The van der Waals surface area contributed by atoms with E-state index in [1.165, 1.54) is 43.4 Å². The predicted octanol–water partition coefficient (Wildman–Crippen LogP) is 17.5. The molecule has 66 heavy (non-hydrogen) atoms. The summed E-state index contributed by atoms with van der Waals surface area (Å²) in [5.41, 5.74) is 12.0. The lowest BCUT2D eigenvalue weighted by molar-refractivity contribution is 0.481. The van der Waals surface area contributed by atoms with Crippen LogP contribution in [0.5, 0.6) is 11.5 Å². The van der Waals surface area contributed by atoms with E-state index in [9.17, 15) is 0 Å². The normalized spacial score (nSPS) is 12.0. The largest absolute Gasteiger partial charge is 0.451 e. The molecular weight excluding hydrogens is 803 g/mol. The van der Waals surface area contributed by atoms with Crippen molar-refractivity contribution in [1.29, 1.82) is 0 Å².